The molecule has 0 heterocycles. The molecule has 2 N–H and O–H groups in total. The summed E-state index contributed by atoms with van der Waals surface area (Å²) >= 11 is 0. The van der Waals surface area contributed by atoms with E-state index in [2.05, 4.69) is 11.4 Å². The smallest absolute Gasteiger partial charge is 0.100 e. The molecule has 0 amide bonds. The zero-order chi connectivity index (χ0) is 9.61. The van der Waals surface area contributed by atoms with Crippen LogP contribution in [0.2, 0.25) is 0 Å². The van der Waals surface area contributed by atoms with Gasteiger partial charge in [-0.25, -0.2) is 0 Å². The van der Waals surface area contributed by atoms with E-state index in [1.165, 1.54) is 0 Å². The molecule has 0 aliphatic rings. The van der Waals surface area contributed by atoms with Gasteiger partial charge in [0.15, 0.2) is 0 Å². The molecule has 3 nitrogen and oxygen atoms in total. The maximum absolute atomic E-state index is 8.79. The van der Waals surface area contributed by atoms with Gasteiger partial charge in [0.05, 0.1) is 6.07 Å². The van der Waals surface area contributed by atoms with Crippen molar-refractivity contribution >= 4 is 0 Å². The van der Waals surface area contributed by atoms with Crippen LogP contribution in [-0.4, -0.2) is 24.3 Å². The highest BCUT2D eigenvalue weighted by atomic mass is 16.3. The third-order valence-electron chi connectivity index (χ3n) is 1.68. The predicted octanol–water partition coefficient (Wildman–Crippen LogP) is 0.897. The SMILES string of the molecule is CC(C)(C)C(C#N)NCCCO. The highest BCUT2D eigenvalue weighted by molar-refractivity contribution is 4.97. The van der Waals surface area contributed by atoms with Gasteiger partial charge in [0.25, 0.3) is 0 Å². The highest BCUT2D eigenvalue weighted by Gasteiger charge is 2.22. The number of aliphatic hydroxyl groups is 1. The van der Waals surface area contributed by atoms with Gasteiger partial charge < -0.3 is 10.4 Å². The van der Waals surface area contributed by atoms with Crippen LogP contribution in [0.25, 0.3) is 0 Å². The average molecular weight is 170 g/mol. The molecule has 70 valence electrons. The maximum atomic E-state index is 8.79. The largest absolute Gasteiger partial charge is 0.396 e. The van der Waals surface area contributed by atoms with Crippen molar-refractivity contribution in [3.8, 4) is 6.07 Å². The molecule has 0 aromatic rings. The lowest BCUT2D eigenvalue weighted by Crippen LogP contribution is -2.39. The van der Waals surface area contributed by atoms with Crippen LogP contribution in [0.5, 0.6) is 0 Å². The quantitative estimate of drug-likeness (QED) is 0.616. The fraction of sp³-hybridized carbons (Fsp3) is 0.889. The molecule has 0 aromatic carbocycles. The number of nitrogens with one attached hydrogen (secondary N) is 1. The van der Waals surface area contributed by atoms with Gasteiger partial charge in [0, 0.05) is 6.61 Å². The first kappa shape index (κ1) is 11.4. The second kappa shape index (κ2) is 5.13. The van der Waals surface area contributed by atoms with Gasteiger partial charge in [-0.15, -0.1) is 0 Å². The van der Waals surface area contributed by atoms with E-state index < -0.39 is 0 Å². The third-order valence-corrected chi connectivity index (χ3v) is 1.68. The number of hydrogen-bond acceptors (Lipinski definition) is 3. The lowest BCUT2D eigenvalue weighted by atomic mass is 9.88. The summed E-state index contributed by atoms with van der Waals surface area (Å²) in [7, 11) is 0. The van der Waals surface area contributed by atoms with Crippen molar-refractivity contribution in [2.24, 2.45) is 5.41 Å². The first-order valence-electron chi connectivity index (χ1n) is 4.26. The molecular formula is C9H18N2O. The monoisotopic (exact) mass is 170 g/mol. The van der Waals surface area contributed by atoms with Crippen molar-refractivity contribution in [1.29, 1.82) is 5.26 Å². The number of aliphatic hydroxyl groups excluding tert-OH is 1. The summed E-state index contributed by atoms with van der Waals surface area (Å²) < 4.78 is 0. The lowest BCUT2D eigenvalue weighted by Gasteiger charge is -2.25. The molecule has 1 atom stereocenters. The normalized spacial score (nSPS) is 13.9. The van der Waals surface area contributed by atoms with Crippen molar-refractivity contribution in [3.05, 3.63) is 0 Å². The van der Waals surface area contributed by atoms with Gasteiger partial charge in [0.2, 0.25) is 0 Å². The van der Waals surface area contributed by atoms with Gasteiger partial charge in [-0.1, -0.05) is 20.8 Å². The van der Waals surface area contributed by atoms with E-state index in [1.54, 1.807) is 0 Å². The Morgan fingerprint density at radius 2 is 2.08 bits per heavy atom. The van der Waals surface area contributed by atoms with Crippen LogP contribution in [-0.2, 0) is 0 Å². The summed E-state index contributed by atoms with van der Waals surface area (Å²) in [5.74, 6) is 0. The third kappa shape index (κ3) is 4.32. The van der Waals surface area contributed by atoms with Crippen LogP contribution < -0.4 is 5.32 Å². The van der Waals surface area contributed by atoms with E-state index in [1.807, 2.05) is 20.8 Å². The number of nitriles is 1. The molecule has 3 heteroatoms. The summed E-state index contributed by atoms with van der Waals surface area (Å²) in [4.78, 5) is 0. The minimum Gasteiger partial charge on any atom is -0.396 e. The molecule has 0 aliphatic carbocycles. The Balaban J connectivity index is 3.79. The molecule has 0 bridgehead atoms. The molecule has 0 radical (unpaired) electrons. The molecule has 0 aliphatic heterocycles. The van der Waals surface area contributed by atoms with Crippen LogP contribution in [0.15, 0.2) is 0 Å². The van der Waals surface area contributed by atoms with E-state index in [9.17, 15) is 0 Å². The van der Waals surface area contributed by atoms with Crippen molar-refractivity contribution in [1.82, 2.24) is 5.32 Å². The fourth-order valence-corrected chi connectivity index (χ4v) is 0.871. The summed E-state index contributed by atoms with van der Waals surface area (Å²) in [6, 6.07) is 2.07. The Morgan fingerprint density at radius 3 is 2.42 bits per heavy atom. The van der Waals surface area contributed by atoms with Gasteiger partial charge in [-0.3, -0.25) is 0 Å². The van der Waals surface area contributed by atoms with Crippen molar-refractivity contribution in [2.75, 3.05) is 13.2 Å². The second-order valence-electron chi connectivity index (χ2n) is 3.96. The maximum Gasteiger partial charge on any atom is 0.100 e. The van der Waals surface area contributed by atoms with E-state index in [0.29, 0.717) is 13.0 Å². The van der Waals surface area contributed by atoms with Crippen molar-refractivity contribution in [2.45, 2.75) is 33.2 Å². The Bertz CT molecular complexity index is 155. The minimum absolute atomic E-state index is 0.0375. The molecular weight excluding hydrogens is 152 g/mol. The first-order valence-corrected chi connectivity index (χ1v) is 4.26. The van der Waals surface area contributed by atoms with Crippen molar-refractivity contribution < 1.29 is 5.11 Å². The number of hydrogen-bond donors (Lipinski definition) is 2. The van der Waals surface area contributed by atoms with Crippen LogP contribution in [0, 0.1) is 16.7 Å². The topological polar surface area (TPSA) is 56.0 Å². The zero-order valence-corrected chi connectivity index (χ0v) is 8.09. The Kier molecular flexibility index (Phi) is 4.87. The minimum atomic E-state index is -0.135. The molecule has 0 fully saturated rings. The van der Waals surface area contributed by atoms with Crippen LogP contribution in [0.1, 0.15) is 27.2 Å². The van der Waals surface area contributed by atoms with Gasteiger partial charge in [0.1, 0.15) is 6.04 Å². The molecule has 12 heavy (non-hydrogen) atoms. The standard InChI is InChI=1S/C9H18N2O/c1-9(2,3)8(7-10)11-5-4-6-12/h8,11-12H,4-6H2,1-3H3. The fourth-order valence-electron chi connectivity index (χ4n) is 0.871. The summed E-state index contributed by atoms with van der Waals surface area (Å²) in [5, 5.41) is 20.4. The van der Waals surface area contributed by atoms with Crippen molar-refractivity contribution in [3.63, 3.8) is 0 Å². The summed E-state index contributed by atoms with van der Waals surface area (Å²) in [6.45, 7) is 6.94. The zero-order valence-electron chi connectivity index (χ0n) is 8.09. The second-order valence-corrected chi connectivity index (χ2v) is 3.96. The average Bonchev–Trinajstić information content (AvgIpc) is 1.95. The van der Waals surface area contributed by atoms with Gasteiger partial charge in [-0.05, 0) is 18.4 Å². The molecule has 0 saturated heterocycles. The molecule has 0 rings (SSSR count). The van der Waals surface area contributed by atoms with Crippen LogP contribution >= 0.6 is 0 Å². The van der Waals surface area contributed by atoms with Gasteiger partial charge >= 0.3 is 0 Å². The summed E-state index contributed by atoms with van der Waals surface area (Å²) in [5.41, 5.74) is -0.0375. The molecule has 0 spiro atoms. The molecule has 1 unspecified atom stereocenters. The van der Waals surface area contributed by atoms with Gasteiger partial charge in [-0.2, -0.15) is 5.26 Å². The van der Waals surface area contributed by atoms with E-state index >= 15 is 0 Å². The Morgan fingerprint density at radius 1 is 1.50 bits per heavy atom. The Hall–Kier alpha value is -0.590. The van der Waals surface area contributed by atoms with E-state index in [4.69, 9.17) is 10.4 Å². The Labute approximate surface area is 74.4 Å². The predicted molar refractivity (Wildman–Crippen MR) is 48.6 cm³/mol. The van der Waals surface area contributed by atoms with E-state index in [-0.39, 0.29) is 18.1 Å². The number of nitrogens with zero attached hydrogens (tertiary/aromatic N) is 1. The van der Waals surface area contributed by atoms with Crippen LogP contribution in [0.4, 0.5) is 0 Å². The number of rotatable bonds is 4. The molecule has 0 saturated carbocycles. The van der Waals surface area contributed by atoms with Crippen LogP contribution in [0.3, 0.4) is 0 Å². The molecule has 0 aromatic heterocycles. The lowest BCUT2D eigenvalue weighted by molar-refractivity contribution is 0.270. The van der Waals surface area contributed by atoms with E-state index in [0.717, 1.165) is 0 Å². The highest BCUT2D eigenvalue weighted by Crippen LogP contribution is 2.18. The summed E-state index contributed by atoms with van der Waals surface area (Å²) in [6.07, 6.45) is 0.703. The first-order chi connectivity index (χ1) is 5.52.